The highest BCUT2D eigenvalue weighted by Gasteiger charge is 2.22. The lowest BCUT2D eigenvalue weighted by atomic mass is 9.99. The van der Waals surface area contributed by atoms with E-state index < -0.39 is 11.8 Å². The molecule has 0 saturated heterocycles. The van der Waals surface area contributed by atoms with Crippen molar-refractivity contribution < 1.29 is 14.3 Å². The van der Waals surface area contributed by atoms with E-state index in [1.165, 1.54) is 11.1 Å². The predicted molar refractivity (Wildman–Crippen MR) is 93.9 cm³/mol. The van der Waals surface area contributed by atoms with Gasteiger partial charge in [0, 0.05) is 17.5 Å². The molecule has 5 nitrogen and oxygen atoms in total. The van der Waals surface area contributed by atoms with Crippen LogP contribution in [0.25, 0.3) is 16.6 Å². The molecule has 0 saturated carbocycles. The van der Waals surface area contributed by atoms with Crippen molar-refractivity contribution in [3.63, 3.8) is 0 Å². The van der Waals surface area contributed by atoms with E-state index in [1.807, 2.05) is 12.1 Å². The minimum atomic E-state index is -0.705. The summed E-state index contributed by atoms with van der Waals surface area (Å²) in [5.74, 6) is 0.456. The van der Waals surface area contributed by atoms with Crippen molar-refractivity contribution in [2.75, 3.05) is 0 Å². The topological polar surface area (TPSA) is 60.5 Å². The summed E-state index contributed by atoms with van der Waals surface area (Å²) in [5, 5.41) is 4.24. The number of hydrogen-bond donors (Lipinski definition) is 1. The van der Waals surface area contributed by atoms with Crippen LogP contribution in [0.4, 0.5) is 4.79 Å². The molecule has 1 aromatic heterocycles. The maximum Gasteiger partial charge on any atom is 0.514 e. The van der Waals surface area contributed by atoms with E-state index in [4.69, 9.17) is 14.5 Å². The monoisotopic (exact) mass is 326 g/mol. The first-order valence-electron chi connectivity index (χ1n) is 8.08. The van der Waals surface area contributed by atoms with Gasteiger partial charge in [0.15, 0.2) is 0 Å². The second-order valence-corrected chi connectivity index (χ2v) is 6.85. The number of carbonyl (C=O) groups is 1. The number of pyridine rings is 1. The summed E-state index contributed by atoms with van der Waals surface area (Å²) >= 11 is 0. The average molecular weight is 326 g/mol. The highest BCUT2D eigenvalue weighted by Crippen LogP contribution is 2.32. The van der Waals surface area contributed by atoms with E-state index in [0.29, 0.717) is 5.75 Å². The Kier molecular flexibility index (Phi) is 3.95. The number of ether oxygens (including phenoxy) is 2. The molecule has 126 valence electrons. The van der Waals surface area contributed by atoms with E-state index in [2.05, 4.69) is 18.8 Å². The van der Waals surface area contributed by atoms with Gasteiger partial charge in [-0.25, -0.2) is 9.78 Å². The summed E-state index contributed by atoms with van der Waals surface area (Å²) in [6.07, 6.45) is 0.163. The van der Waals surface area contributed by atoms with Crippen molar-refractivity contribution in [2.45, 2.75) is 46.3 Å². The van der Waals surface area contributed by atoms with Gasteiger partial charge >= 0.3 is 6.16 Å². The van der Waals surface area contributed by atoms with Crippen LogP contribution < -0.4 is 10.1 Å². The maximum absolute atomic E-state index is 11.9. The van der Waals surface area contributed by atoms with E-state index in [0.717, 1.165) is 35.3 Å². The number of nitrogens with zero attached hydrogens (tertiary/aromatic N) is 1. The number of hydrogen-bond acceptors (Lipinski definition) is 5. The Balaban J connectivity index is 1.99. The fraction of sp³-hybridized carbons (Fsp3) is 0.368. The highest BCUT2D eigenvalue weighted by atomic mass is 16.7. The van der Waals surface area contributed by atoms with Crippen LogP contribution in [0.5, 0.6) is 5.75 Å². The Morgan fingerprint density at radius 1 is 1.38 bits per heavy atom. The van der Waals surface area contributed by atoms with Crippen molar-refractivity contribution >= 4 is 22.8 Å². The van der Waals surface area contributed by atoms with Gasteiger partial charge in [-0.2, -0.15) is 0 Å². The second kappa shape index (κ2) is 5.82. The van der Waals surface area contributed by atoms with Crippen LogP contribution in [0.2, 0.25) is 0 Å². The van der Waals surface area contributed by atoms with Crippen molar-refractivity contribution in [3.8, 4) is 5.75 Å². The van der Waals surface area contributed by atoms with Gasteiger partial charge in [-0.15, -0.1) is 0 Å². The molecular formula is C19H22N2O3. The molecule has 3 rings (SSSR count). The van der Waals surface area contributed by atoms with Crippen LogP contribution in [0.1, 0.15) is 44.5 Å². The van der Waals surface area contributed by atoms with E-state index in [-0.39, 0.29) is 0 Å². The molecule has 0 radical (unpaired) electrons. The lowest BCUT2D eigenvalue weighted by Crippen LogP contribution is -2.25. The molecular weight excluding hydrogens is 304 g/mol. The molecule has 24 heavy (non-hydrogen) atoms. The molecule has 0 atom stereocenters. The molecule has 5 heteroatoms. The molecule has 1 aliphatic heterocycles. The molecule has 1 aromatic carbocycles. The third-order valence-electron chi connectivity index (χ3n) is 3.88. The number of aryl methyl sites for hydroxylation is 1. The Morgan fingerprint density at radius 3 is 2.79 bits per heavy atom. The standard InChI is InChI=1S/C19H22N2O3/c1-6-13-14-9-12(23-18(22)24-19(3,4)5)7-8-16(14)21-17-11(2)20-10-15(13)17/h7-9,20H,2,6,10H2,1,3-5H3. The average Bonchev–Trinajstić information content (AvgIpc) is 2.84. The fourth-order valence-corrected chi connectivity index (χ4v) is 2.90. The van der Waals surface area contributed by atoms with Gasteiger partial charge in [-0.1, -0.05) is 13.5 Å². The van der Waals surface area contributed by atoms with Gasteiger partial charge < -0.3 is 14.8 Å². The minimum absolute atomic E-state index is 0.456. The molecule has 0 spiro atoms. The quantitative estimate of drug-likeness (QED) is 0.662. The van der Waals surface area contributed by atoms with Gasteiger partial charge in [0.05, 0.1) is 16.9 Å². The van der Waals surface area contributed by atoms with Gasteiger partial charge in [0.2, 0.25) is 0 Å². The zero-order chi connectivity index (χ0) is 17.5. The van der Waals surface area contributed by atoms with Gasteiger partial charge in [-0.3, -0.25) is 0 Å². The lowest BCUT2D eigenvalue weighted by molar-refractivity contribution is 0.0206. The van der Waals surface area contributed by atoms with Crippen molar-refractivity contribution in [3.05, 3.63) is 41.6 Å². The van der Waals surface area contributed by atoms with E-state index in [1.54, 1.807) is 26.8 Å². The predicted octanol–water partition coefficient (Wildman–Crippen LogP) is 4.19. The van der Waals surface area contributed by atoms with E-state index in [9.17, 15) is 4.79 Å². The third kappa shape index (κ3) is 3.07. The number of fused-ring (bicyclic) bond motifs is 2. The summed E-state index contributed by atoms with van der Waals surface area (Å²) in [6.45, 7) is 12.3. The van der Waals surface area contributed by atoms with E-state index >= 15 is 0 Å². The Hall–Kier alpha value is -2.56. The van der Waals surface area contributed by atoms with Crippen molar-refractivity contribution in [2.24, 2.45) is 0 Å². The van der Waals surface area contributed by atoms with Gasteiger partial charge in [0.1, 0.15) is 11.4 Å². The summed E-state index contributed by atoms with van der Waals surface area (Å²) in [4.78, 5) is 16.6. The first kappa shape index (κ1) is 16.3. The van der Waals surface area contributed by atoms with Crippen LogP contribution in [0, 0.1) is 0 Å². The zero-order valence-electron chi connectivity index (χ0n) is 14.5. The molecule has 0 fully saturated rings. The normalized spacial score (nSPS) is 13.6. The third-order valence-corrected chi connectivity index (χ3v) is 3.88. The SMILES string of the molecule is C=C1NCc2c1nc1ccc(OC(=O)OC(C)(C)C)cc1c2CC. The number of benzene rings is 1. The lowest BCUT2D eigenvalue weighted by Gasteiger charge is -2.19. The second-order valence-electron chi connectivity index (χ2n) is 6.85. The smallest absolute Gasteiger partial charge is 0.428 e. The number of aromatic nitrogens is 1. The molecule has 1 N–H and O–H groups in total. The number of rotatable bonds is 2. The van der Waals surface area contributed by atoms with Crippen LogP contribution in [0.15, 0.2) is 24.8 Å². The molecule has 0 bridgehead atoms. The van der Waals surface area contributed by atoms with Crippen molar-refractivity contribution in [1.29, 1.82) is 0 Å². The van der Waals surface area contributed by atoms with Crippen LogP contribution in [0.3, 0.4) is 0 Å². The first-order valence-corrected chi connectivity index (χ1v) is 8.08. The van der Waals surface area contributed by atoms with Crippen LogP contribution in [-0.2, 0) is 17.7 Å². The maximum atomic E-state index is 11.9. The fourth-order valence-electron chi connectivity index (χ4n) is 2.90. The molecule has 2 heterocycles. The first-order chi connectivity index (χ1) is 11.3. The molecule has 1 aliphatic rings. The number of nitrogens with one attached hydrogen (secondary N) is 1. The summed E-state index contributed by atoms with van der Waals surface area (Å²) in [6, 6.07) is 5.45. The highest BCUT2D eigenvalue weighted by molar-refractivity contribution is 5.88. The largest absolute Gasteiger partial charge is 0.514 e. The minimum Gasteiger partial charge on any atom is -0.428 e. The molecule has 0 unspecified atom stereocenters. The van der Waals surface area contributed by atoms with Crippen LogP contribution >= 0.6 is 0 Å². The molecule has 0 amide bonds. The van der Waals surface area contributed by atoms with Crippen LogP contribution in [-0.4, -0.2) is 16.7 Å². The number of carbonyl (C=O) groups excluding carboxylic acids is 1. The zero-order valence-corrected chi connectivity index (χ0v) is 14.5. The Labute approximate surface area is 141 Å². The Bertz CT molecular complexity index is 835. The Morgan fingerprint density at radius 2 is 2.12 bits per heavy atom. The molecule has 0 aliphatic carbocycles. The van der Waals surface area contributed by atoms with Gasteiger partial charge in [0.25, 0.3) is 0 Å². The summed E-state index contributed by atoms with van der Waals surface area (Å²) in [7, 11) is 0. The summed E-state index contributed by atoms with van der Waals surface area (Å²) in [5.41, 5.74) is 4.44. The summed E-state index contributed by atoms with van der Waals surface area (Å²) < 4.78 is 10.5. The van der Waals surface area contributed by atoms with Crippen molar-refractivity contribution in [1.82, 2.24) is 10.3 Å². The van der Waals surface area contributed by atoms with Gasteiger partial charge in [-0.05, 0) is 51.0 Å². The molecule has 2 aromatic rings.